The molecule has 5 heteroatoms. The predicted octanol–water partition coefficient (Wildman–Crippen LogP) is 3.48. The Morgan fingerprint density at radius 2 is 2.18 bits per heavy atom. The highest BCUT2D eigenvalue weighted by molar-refractivity contribution is 9.11. The van der Waals surface area contributed by atoms with E-state index in [1.165, 1.54) is 0 Å². The molecule has 1 heterocycles. The van der Waals surface area contributed by atoms with Gasteiger partial charge in [-0.25, -0.2) is 4.79 Å². The molecular formula is C12H13BrN2OS. The number of urea groups is 1. The molecule has 0 saturated heterocycles. The predicted molar refractivity (Wildman–Crippen MR) is 74.6 cm³/mol. The molecule has 0 fully saturated rings. The molecule has 1 atom stereocenters. The van der Waals surface area contributed by atoms with E-state index in [2.05, 4.69) is 21.2 Å². The maximum atomic E-state index is 12.0. The van der Waals surface area contributed by atoms with Gasteiger partial charge in [0, 0.05) is 12.2 Å². The van der Waals surface area contributed by atoms with Crippen molar-refractivity contribution in [2.75, 3.05) is 0 Å². The van der Waals surface area contributed by atoms with Crippen molar-refractivity contribution in [2.24, 2.45) is 0 Å². The van der Waals surface area contributed by atoms with Gasteiger partial charge in [-0.1, -0.05) is 58.0 Å². The quantitative estimate of drug-likeness (QED) is 0.670. The maximum absolute atomic E-state index is 12.0. The van der Waals surface area contributed by atoms with Crippen LogP contribution in [-0.2, 0) is 6.54 Å². The Labute approximate surface area is 113 Å². The van der Waals surface area contributed by atoms with Gasteiger partial charge in [0.1, 0.15) is 4.28 Å². The van der Waals surface area contributed by atoms with Crippen LogP contribution in [0.4, 0.5) is 4.79 Å². The van der Waals surface area contributed by atoms with Crippen LogP contribution in [0.5, 0.6) is 0 Å². The minimum absolute atomic E-state index is 0.00160. The van der Waals surface area contributed by atoms with Gasteiger partial charge < -0.3 is 5.32 Å². The van der Waals surface area contributed by atoms with Gasteiger partial charge in [0.25, 0.3) is 0 Å². The first-order valence-corrected chi connectivity index (χ1v) is 7.11. The standard InChI is InChI=1S/C12H13BrN2OS/c1-9-8-17-11(13)15(9)12(16)14-7-10-5-3-2-4-6-10/h2-6,8,11H,7H2,1H3,(H,14,16). The number of amides is 2. The number of hydrogen-bond acceptors (Lipinski definition) is 2. The van der Waals surface area contributed by atoms with Gasteiger partial charge in [-0.3, -0.25) is 4.90 Å². The van der Waals surface area contributed by atoms with E-state index >= 15 is 0 Å². The van der Waals surface area contributed by atoms with Crippen molar-refractivity contribution in [1.82, 2.24) is 10.2 Å². The van der Waals surface area contributed by atoms with Gasteiger partial charge in [-0.15, -0.1) is 0 Å². The third kappa shape index (κ3) is 3.04. The summed E-state index contributed by atoms with van der Waals surface area (Å²) in [6.45, 7) is 2.48. The van der Waals surface area contributed by atoms with Crippen LogP contribution in [0.3, 0.4) is 0 Å². The summed E-state index contributed by atoms with van der Waals surface area (Å²) in [5.41, 5.74) is 2.06. The number of nitrogens with one attached hydrogen (secondary N) is 1. The minimum atomic E-state index is -0.0746. The van der Waals surface area contributed by atoms with Crippen LogP contribution in [0, 0.1) is 0 Å². The first-order valence-electron chi connectivity index (χ1n) is 5.26. The van der Waals surface area contributed by atoms with Crippen LogP contribution < -0.4 is 5.32 Å². The third-order valence-corrected chi connectivity index (χ3v) is 4.41. The highest BCUT2D eigenvalue weighted by Gasteiger charge is 2.27. The Morgan fingerprint density at radius 3 is 2.76 bits per heavy atom. The highest BCUT2D eigenvalue weighted by Crippen LogP contribution is 2.34. The molecule has 0 aromatic heterocycles. The molecule has 0 bridgehead atoms. The van der Waals surface area contributed by atoms with Gasteiger partial charge in [0.05, 0.1) is 0 Å². The second-order valence-electron chi connectivity index (χ2n) is 3.70. The molecule has 1 aromatic rings. The zero-order valence-corrected chi connectivity index (χ0v) is 11.8. The van der Waals surface area contributed by atoms with Crippen LogP contribution in [0.15, 0.2) is 41.4 Å². The van der Waals surface area contributed by atoms with Crippen molar-refractivity contribution in [3.8, 4) is 0 Å². The van der Waals surface area contributed by atoms with E-state index in [4.69, 9.17) is 0 Å². The van der Waals surface area contributed by atoms with E-state index in [0.29, 0.717) is 6.54 Å². The van der Waals surface area contributed by atoms with Crippen molar-refractivity contribution < 1.29 is 4.79 Å². The summed E-state index contributed by atoms with van der Waals surface area (Å²) in [6.07, 6.45) is 0. The number of benzene rings is 1. The van der Waals surface area contributed by atoms with Crippen molar-refractivity contribution in [2.45, 2.75) is 17.8 Å². The number of allylic oxidation sites excluding steroid dienone is 1. The summed E-state index contributed by atoms with van der Waals surface area (Å²) >= 11 is 5.03. The lowest BCUT2D eigenvalue weighted by atomic mass is 10.2. The number of carbonyl (C=O) groups excluding carboxylic acids is 1. The fraction of sp³-hybridized carbons (Fsp3) is 0.250. The first kappa shape index (κ1) is 12.5. The van der Waals surface area contributed by atoms with Gasteiger partial charge in [0.2, 0.25) is 0 Å². The lowest BCUT2D eigenvalue weighted by molar-refractivity contribution is 0.216. The monoisotopic (exact) mass is 312 g/mol. The molecule has 2 amide bonds. The summed E-state index contributed by atoms with van der Waals surface area (Å²) < 4.78 is -0.00160. The normalized spacial score (nSPS) is 19.1. The molecule has 90 valence electrons. The molecule has 17 heavy (non-hydrogen) atoms. The molecule has 1 N–H and O–H groups in total. The smallest absolute Gasteiger partial charge is 0.323 e. The van der Waals surface area contributed by atoms with Crippen LogP contribution in [0.25, 0.3) is 0 Å². The molecular weight excluding hydrogens is 300 g/mol. The summed E-state index contributed by atoms with van der Waals surface area (Å²) in [4.78, 5) is 13.7. The number of halogens is 1. The maximum Gasteiger partial charge on any atom is 0.323 e. The molecule has 1 aliphatic heterocycles. The van der Waals surface area contributed by atoms with Crippen molar-refractivity contribution in [3.63, 3.8) is 0 Å². The number of rotatable bonds is 2. The molecule has 0 radical (unpaired) electrons. The third-order valence-electron chi connectivity index (χ3n) is 2.44. The average molecular weight is 313 g/mol. The van der Waals surface area contributed by atoms with E-state index in [9.17, 15) is 4.79 Å². The number of thioether (sulfide) groups is 1. The summed E-state index contributed by atoms with van der Waals surface area (Å²) in [5, 5.41) is 4.88. The van der Waals surface area contributed by atoms with Crippen LogP contribution in [0.2, 0.25) is 0 Å². The Kier molecular flexibility index (Phi) is 4.12. The summed E-state index contributed by atoms with van der Waals surface area (Å²) in [5.74, 6) is 0. The largest absolute Gasteiger partial charge is 0.334 e. The topological polar surface area (TPSA) is 32.3 Å². The molecule has 1 aliphatic rings. The Balaban J connectivity index is 1.92. The number of nitrogens with zero attached hydrogens (tertiary/aromatic N) is 1. The molecule has 1 aromatic carbocycles. The number of hydrogen-bond donors (Lipinski definition) is 1. The summed E-state index contributed by atoms with van der Waals surface area (Å²) in [6, 6.07) is 9.80. The Bertz CT molecular complexity index is 435. The van der Waals surface area contributed by atoms with Gasteiger partial charge in [-0.05, 0) is 17.9 Å². The second kappa shape index (κ2) is 5.60. The fourth-order valence-corrected chi connectivity index (χ4v) is 3.18. The molecule has 0 spiro atoms. The fourth-order valence-electron chi connectivity index (χ4n) is 1.54. The van der Waals surface area contributed by atoms with E-state index in [0.717, 1.165) is 11.3 Å². The molecule has 0 saturated carbocycles. The average Bonchev–Trinajstić information content (AvgIpc) is 2.67. The van der Waals surface area contributed by atoms with Crippen molar-refractivity contribution >= 4 is 33.7 Å². The Morgan fingerprint density at radius 1 is 1.47 bits per heavy atom. The molecule has 1 unspecified atom stereocenters. The highest BCUT2D eigenvalue weighted by atomic mass is 79.9. The molecule has 2 rings (SSSR count). The summed E-state index contributed by atoms with van der Waals surface area (Å²) in [7, 11) is 0. The van der Waals surface area contributed by atoms with Gasteiger partial charge in [0.15, 0.2) is 0 Å². The van der Waals surface area contributed by atoms with Crippen molar-refractivity contribution in [3.05, 3.63) is 47.0 Å². The van der Waals surface area contributed by atoms with E-state index in [1.807, 2.05) is 42.7 Å². The molecule has 3 nitrogen and oxygen atoms in total. The second-order valence-corrected chi connectivity index (χ2v) is 6.13. The zero-order valence-electron chi connectivity index (χ0n) is 9.39. The number of carbonyl (C=O) groups is 1. The zero-order chi connectivity index (χ0) is 12.3. The SMILES string of the molecule is CC1=CSC(Br)N1C(=O)NCc1ccccc1. The van der Waals surface area contributed by atoms with E-state index in [-0.39, 0.29) is 10.3 Å². The van der Waals surface area contributed by atoms with E-state index < -0.39 is 0 Å². The van der Waals surface area contributed by atoms with Crippen molar-refractivity contribution in [1.29, 1.82) is 0 Å². The van der Waals surface area contributed by atoms with Crippen LogP contribution >= 0.6 is 27.7 Å². The van der Waals surface area contributed by atoms with E-state index in [1.54, 1.807) is 16.7 Å². The lowest BCUT2D eigenvalue weighted by Crippen LogP contribution is -2.39. The number of alkyl halides is 1. The minimum Gasteiger partial charge on any atom is -0.334 e. The van der Waals surface area contributed by atoms with Gasteiger partial charge in [-0.2, -0.15) is 0 Å². The first-order chi connectivity index (χ1) is 8.18. The van der Waals surface area contributed by atoms with Crippen LogP contribution in [0.1, 0.15) is 12.5 Å². The molecule has 0 aliphatic carbocycles. The Hall–Kier alpha value is -0.940. The lowest BCUT2D eigenvalue weighted by Gasteiger charge is -2.21. The van der Waals surface area contributed by atoms with Gasteiger partial charge >= 0.3 is 6.03 Å². The van der Waals surface area contributed by atoms with Crippen LogP contribution in [-0.4, -0.2) is 15.2 Å².